The maximum atomic E-state index is 13.0. The fourth-order valence-corrected chi connectivity index (χ4v) is 5.54. The third-order valence-electron chi connectivity index (χ3n) is 5.20. The van der Waals surface area contributed by atoms with Gasteiger partial charge in [0.1, 0.15) is 5.92 Å². The highest BCUT2D eigenvalue weighted by Crippen LogP contribution is 2.33. The van der Waals surface area contributed by atoms with Crippen molar-refractivity contribution in [3.8, 4) is 0 Å². The van der Waals surface area contributed by atoms with Crippen LogP contribution in [0.1, 0.15) is 17.0 Å². The molecule has 0 N–H and O–H groups in total. The number of sulfone groups is 1. The van der Waals surface area contributed by atoms with Gasteiger partial charge in [-0.1, -0.05) is 47.5 Å². The van der Waals surface area contributed by atoms with Gasteiger partial charge in [0.05, 0.1) is 11.5 Å². The number of carbonyl (C=O) groups excluding carboxylic acids is 3. The van der Waals surface area contributed by atoms with Crippen LogP contribution >= 0.6 is 23.2 Å². The largest absolute Gasteiger partial charge is 0.332 e. The van der Waals surface area contributed by atoms with Gasteiger partial charge in [-0.05, 0) is 35.4 Å². The first-order valence-corrected chi connectivity index (χ1v) is 11.9. The molecule has 4 amide bonds. The van der Waals surface area contributed by atoms with E-state index in [2.05, 4.69) is 0 Å². The topological polar surface area (TPSA) is 91.8 Å². The summed E-state index contributed by atoms with van der Waals surface area (Å²) in [5.74, 6) is -4.57. The highest BCUT2D eigenvalue weighted by atomic mass is 35.5. The van der Waals surface area contributed by atoms with Crippen LogP contribution in [0.5, 0.6) is 0 Å². The molecule has 0 aromatic heterocycles. The van der Waals surface area contributed by atoms with Crippen molar-refractivity contribution in [3.05, 3.63) is 69.7 Å². The summed E-state index contributed by atoms with van der Waals surface area (Å²) in [6, 6.07) is 11.9. The molecule has 1 fully saturated rings. The molecule has 10 heteroatoms. The monoisotopic (exact) mass is 482 g/mol. The Morgan fingerprint density at radius 3 is 1.77 bits per heavy atom. The van der Waals surface area contributed by atoms with Gasteiger partial charge in [-0.3, -0.25) is 19.4 Å². The number of rotatable bonds is 6. The smallest absolute Gasteiger partial charge is 0.273 e. The zero-order valence-corrected chi connectivity index (χ0v) is 19.1. The minimum absolute atomic E-state index is 0.284. The van der Waals surface area contributed by atoms with Crippen LogP contribution in [0.4, 0.5) is 4.79 Å². The van der Waals surface area contributed by atoms with Crippen LogP contribution in [0.25, 0.3) is 0 Å². The minimum atomic E-state index is -3.75. The quantitative estimate of drug-likeness (QED) is 0.588. The van der Waals surface area contributed by atoms with Gasteiger partial charge in [-0.15, -0.1) is 0 Å². The average molecular weight is 483 g/mol. The van der Waals surface area contributed by atoms with Gasteiger partial charge in [0.15, 0.2) is 9.84 Å². The van der Waals surface area contributed by atoms with E-state index < -0.39 is 45.3 Å². The SMILES string of the molecule is CN1C(=O)C(C(CS(=O)(=O)Cc2ccc(Cl)cc2)c2ccc(Cl)cc2)C(=O)N(C)C1=O. The van der Waals surface area contributed by atoms with Crippen molar-refractivity contribution >= 4 is 50.9 Å². The second kappa shape index (κ2) is 8.98. The van der Waals surface area contributed by atoms with Crippen molar-refractivity contribution in [3.63, 3.8) is 0 Å². The van der Waals surface area contributed by atoms with Gasteiger partial charge in [0.25, 0.3) is 0 Å². The molecule has 0 saturated carbocycles. The molecule has 3 rings (SSSR count). The van der Waals surface area contributed by atoms with E-state index in [9.17, 15) is 22.8 Å². The van der Waals surface area contributed by atoms with Gasteiger partial charge in [-0.2, -0.15) is 0 Å². The van der Waals surface area contributed by atoms with Crippen LogP contribution in [0.15, 0.2) is 48.5 Å². The van der Waals surface area contributed by atoms with E-state index >= 15 is 0 Å². The molecule has 164 valence electrons. The second-order valence-corrected chi connectivity index (χ2v) is 10.4. The van der Waals surface area contributed by atoms with E-state index in [1.807, 2.05) is 0 Å². The number of hydrogen-bond donors (Lipinski definition) is 0. The highest BCUT2D eigenvalue weighted by Gasteiger charge is 2.48. The van der Waals surface area contributed by atoms with Crippen LogP contribution in [0.3, 0.4) is 0 Å². The van der Waals surface area contributed by atoms with E-state index in [1.165, 1.54) is 14.1 Å². The molecule has 1 atom stereocenters. The molecule has 2 aromatic carbocycles. The molecular formula is C21H20Cl2N2O5S. The lowest BCUT2D eigenvalue weighted by Gasteiger charge is -2.36. The second-order valence-electron chi connectivity index (χ2n) is 7.39. The molecule has 0 aliphatic carbocycles. The van der Waals surface area contributed by atoms with Crippen LogP contribution < -0.4 is 0 Å². The number of nitrogens with zero attached hydrogens (tertiary/aromatic N) is 2. The third-order valence-corrected chi connectivity index (χ3v) is 7.35. The Balaban J connectivity index is 1.99. The first-order chi connectivity index (χ1) is 14.5. The van der Waals surface area contributed by atoms with Crippen LogP contribution in [-0.2, 0) is 25.2 Å². The molecule has 0 radical (unpaired) electrons. The molecule has 31 heavy (non-hydrogen) atoms. The average Bonchev–Trinajstić information content (AvgIpc) is 2.72. The number of amides is 4. The fourth-order valence-electron chi connectivity index (χ4n) is 3.54. The summed E-state index contributed by atoms with van der Waals surface area (Å²) in [7, 11) is -1.22. The standard InChI is InChI=1S/C21H20Cl2N2O5S/c1-24-19(26)18(20(27)25(2)21(24)28)17(14-5-9-16(23)10-6-14)12-31(29,30)11-13-3-7-15(22)8-4-13/h3-10,17-18H,11-12H2,1-2H3. The third kappa shape index (κ3) is 5.08. The van der Waals surface area contributed by atoms with Crippen molar-refractivity contribution in [1.82, 2.24) is 9.80 Å². The maximum absolute atomic E-state index is 13.0. The number of halogens is 2. The summed E-state index contributed by atoms with van der Waals surface area (Å²) in [6.45, 7) is 0. The molecule has 2 aromatic rings. The predicted octanol–water partition coefficient (Wildman–Crippen LogP) is 3.36. The first kappa shape index (κ1) is 23.2. The Kier molecular flexibility index (Phi) is 6.73. The lowest BCUT2D eigenvalue weighted by atomic mass is 9.84. The van der Waals surface area contributed by atoms with Crippen LogP contribution in [-0.4, -0.2) is 55.9 Å². The van der Waals surface area contributed by atoms with E-state index in [0.717, 1.165) is 9.80 Å². The normalized spacial score (nSPS) is 16.7. The molecule has 1 aliphatic heterocycles. The van der Waals surface area contributed by atoms with Crippen molar-refractivity contribution in [1.29, 1.82) is 0 Å². The van der Waals surface area contributed by atoms with Crippen LogP contribution in [0, 0.1) is 5.92 Å². The van der Waals surface area contributed by atoms with E-state index in [0.29, 0.717) is 21.2 Å². The molecule has 1 saturated heterocycles. The van der Waals surface area contributed by atoms with Gasteiger partial charge >= 0.3 is 6.03 Å². The summed E-state index contributed by atoms with van der Waals surface area (Å²) in [6.07, 6.45) is 0. The lowest BCUT2D eigenvalue weighted by Crippen LogP contribution is -2.58. The zero-order chi connectivity index (χ0) is 22.9. The number of urea groups is 1. The van der Waals surface area contributed by atoms with E-state index in [1.54, 1.807) is 48.5 Å². The summed E-state index contributed by atoms with van der Waals surface area (Å²) in [4.78, 5) is 39.5. The van der Waals surface area contributed by atoms with Gasteiger partial charge < -0.3 is 0 Å². The molecule has 1 heterocycles. The molecule has 7 nitrogen and oxygen atoms in total. The zero-order valence-electron chi connectivity index (χ0n) is 16.8. The van der Waals surface area contributed by atoms with Crippen molar-refractivity contribution in [2.24, 2.45) is 5.92 Å². The number of barbiturate groups is 1. The summed E-state index contributed by atoms with van der Waals surface area (Å²) >= 11 is 11.8. The number of carbonyl (C=O) groups is 3. The van der Waals surface area contributed by atoms with E-state index in [-0.39, 0.29) is 5.75 Å². The Hall–Kier alpha value is -2.42. The Bertz CT molecular complexity index is 1090. The number of benzene rings is 2. The Labute approximate surface area is 190 Å². The number of imide groups is 2. The molecule has 1 unspecified atom stereocenters. The van der Waals surface area contributed by atoms with Crippen molar-refractivity contribution in [2.45, 2.75) is 11.7 Å². The molecule has 1 aliphatic rings. The number of hydrogen-bond acceptors (Lipinski definition) is 5. The van der Waals surface area contributed by atoms with Gasteiger partial charge in [-0.25, -0.2) is 13.2 Å². The summed E-state index contributed by atoms with van der Waals surface area (Å²) in [5.41, 5.74) is 0.997. The maximum Gasteiger partial charge on any atom is 0.332 e. The Morgan fingerprint density at radius 2 is 1.29 bits per heavy atom. The van der Waals surface area contributed by atoms with Crippen molar-refractivity contribution in [2.75, 3.05) is 19.8 Å². The first-order valence-electron chi connectivity index (χ1n) is 9.29. The minimum Gasteiger partial charge on any atom is -0.273 e. The van der Waals surface area contributed by atoms with Gasteiger partial charge in [0.2, 0.25) is 11.8 Å². The lowest BCUT2D eigenvalue weighted by molar-refractivity contribution is -0.148. The summed E-state index contributed by atoms with van der Waals surface area (Å²) < 4.78 is 26.1. The molecule has 0 bridgehead atoms. The molecular weight excluding hydrogens is 463 g/mol. The Morgan fingerprint density at radius 1 is 0.839 bits per heavy atom. The fraction of sp³-hybridized carbons (Fsp3) is 0.286. The van der Waals surface area contributed by atoms with Gasteiger partial charge in [0, 0.05) is 30.1 Å². The molecule has 0 spiro atoms. The predicted molar refractivity (Wildman–Crippen MR) is 118 cm³/mol. The van der Waals surface area contributed by atoms with Crippen LogP contribution in [0.2, 0.25) is 10.0 Å². The summed E-state index contributed by atoms with van der Waals surface area (Å²) in [5, 5.41) is 0.909. The van der Waals surface area contributed by atoms with Crippen molar-refractivity contribution < 1.29 is 22.8 Å². The van der Waals surface area contributed by atoms with E-state index in [4.69, 9.17) is 23.2 Å². The highest BCUT2D eigenvalue weighted by molar-refractivity contribution is 7.90.